The van der Waals surface area contributed by atoms with Gasteiger partial charge in [0.1, 0.15) is 5.82 Å². The molecule has 1 aliphatic heterocycles. The molecule has 1 heterocycles. The average Bonchev–Trinajstić information content (AvgIpc) is 2.39. The Kier molecular flexibility index (Phi) is 2.71. The van der Waals surface area contributed by atoms with Gasteiger partial charge < -0.3 is 4.90 Å². The normalized spacial score (nSPS) is 14.5. The van der Waals surface area contributed by atoms with Crippen LogP contribution in [0.2, 0.25) is 0 Å². The molecule has 0 radical (unpaired) electrons. The first kappa shape index (κ1) is 11.7. The lowest BCUT2D eigenvalue weighted by molar-refractivity contribution is -0.116. The summed E-state index contributed by atoms with van der Waals surface area (Å²) in [5.74, 6) is -0.409. The molecule has 1 aliphatic rings. The van der Waals surface area contributed by atoms with Crippen molar-refractivity contribution in [1.29, 1.82) is 0 Å². The van der Waals surface area contributed by atoms with E-state index in [4.69, 9.17) is 0 Å². The van der Waals surface area contributed by atoms with Gasteiger partial charge in [-0.1, -0.05) is 18.2 Å². The van der Waals surface area contributed by atoms with Crippen molar-refractivity contribution in [2.45, 2.75) is 0 Å². The number of carbonyl (C=O) groups excluding carboxylic acids is 1. The Hall–Kier alpha value is -2.36. The minimum atomic E-state index is -0.346. The molecule has 0 atom stereocenters. The standard InChI is InChI=1S/C15H13FN2O/c1-17-10-15(19)18(12-6-4-5-11(16)9-12)14-8-3-2-7-13(14)17/h2-9H,10H2,1H3. The molecule has 1 amide bonds. The Labute approximate surface area is 110 Å². The zero-order chi connectivity index (χ0) is 13.4. The van der Waals surface area contributed by atoms with Gasteiger partial charge >= 0.3 is 0 Å². The number of benzene rings is 2. The van der Waals surface area contributed by atoms with Crippen molar-refractivity contribution in [3.8, 4) is 0 Å². The Morgan fingerprint density at radius 2 is 1.79 bits per heavy atom. The van der Waals surface area contributed by atoms with E-state index in [9.17, 15) is 9.18 Å². The number of hydrogen-bond donors (Lipinski definition) is 0. The Morgan fingerprint density at radius 3 is 2.53 bits per heavy atom. The molecule has 4 heteroatoms. The van der Waals surface area contributed by atoms with E-state index < -0.39 is 0 Å². The van der Waals surface area contributed by atoms with Crippen molar-refractivity contribution in [2.75, 3.05) is 23.4 Å². The van der Waals surface area contributed by atoms with Gasteiger partial charge in [-0.05, 0) is 30.3 Å². The van der Waals surface area contributed by atoms with E-state index in [0.29, 0.717) is 5.69 Å². The van der Waals surface area contributed by atoms with Gasteiger partial charge in [0.15, 0.2) is 0 Å². The zero-order valence-corrected chi connectivity index (χ0v) is 10.5. The van der Waals surface area contributed by atoms with Gasteiger partial charge in [0, 0.05) is 7.05 Å². The van der Waals surface area contributed by atoms with Crippen molar-refractivity contribution in [1.82, 2.24) is 0 Å². The first-order chi connectivity index (χ1) is 9.16. The monoisotopic (exact) mass is 256 g/mol. The third kappa shape index (κ3) is 1.95. The van der Waals surface area contributed by atoms with Crippen LogP contribution in [0.4, 0.5) is 21.5 Å². The summed E-state index contributed by atoms with van der Waals surface area (Å²) in [4.78, 5) is 15.7. The van der Waals surface area contributed by atoms with E-state index in [1.165, 1.54) is 12.1 Å². The number of likely N-dealkylation sites (N-methyl/N-ethyl adjacent to an activating group) is 1. The molecule has 0 spiro atoms. The molecule has 2 aromatic rings. The number of nitrogens with zero attached hydrogens (tertiary/aromatic N) is 2. The summed E-state index contributed by atoms with van der Waals surface area (Å²) in [6, 6.07) is 13.7. The van der Waals surface area contributed by atoms with Crippen molar-refractivity contribution in [2.24, 2.45) is 0 Å². The summed E-state index contributed by atoms with van der Waals surface area (Å²) in [7, 11) is 1.87. The number of amides is 1. The predicted octanol–water partition coefficient (Wildman–Crippen LogP) is 2.94. The van der Waals surface area contributed by atoms with E-state index in [2.05, 4.69) is 0 Å². The molecule has 3 rings (SSSR count). The number of anilines is 3. The molecule has 0 fully saturated rings. The first-order valence-corrected chi connectivity index (χ1v) is 6.05. The van der Waals surface area contributed by atoms with Crippen LogP contribution in [0.25, 0.3) is 0 Å². The van der Waals surface area contributed by atoms with Crippen molar-refractivity contribution in [3.05, 3.63) is 54.3 Å². The fourth-order valence-electron chi connectivity index (χ4n) is 2.37. The van der Waals surface area contributed by atoms with Crippen LogP contribution in [0.15, 0.2) is 48.5 Å². The molecule has 19 heavy (non-hydrogen) atoms. The predicted molar refractivity (Wildman–Crippen MR) is 73.3 cm³/mol. The molecule has 0 bridgehead atoms. The lowest BCUT2D eigenvalue weighted by Crippen LogP contribution is -2.41. The molecule has 2 aromatic carbocycles. The number of hydrogen-bond acceptors (Lipinski definition) is 2. The van der Waals surface area contributed by atoms with Gasteiger partial charge in [-0.3, -0.25) is 9.69 Å². The summed E-state index contributed by atoms with van der Waals surface area (Å²) >= 11 is 0. The van der Waals surface area contributed by atoms with Crippen molar-refractivity contribution < 1.29 is 9.18 Å². The summed E-state index contributed by atoms with van der Waals surface area (Å²) in [5.41, 5.74) is 2.31. The third-order valence-corrected chi connectivity index (χ3v) is 3.22. The van der Waals surface area contributed by atoms with Gasteiger partial charge in [0.2, 0.25) is 0 Å². The Bertz CT molecular complexity index is 642. The lowest BCUT2D eigenvalue weighted by atomic mass is 10.1. The highest BCUT2D eigenvalue weighted by Crippen LogP contribution is 2.37. The quantitative estimate of drug-likeness (QED) is 0.783. The van der Waals surface area contributed by atoms with E-state index in [0.717, 1.165) is 11.4 Å². The Balaban J connectivity index is 2.15. The molecule has 3 nitrogen and oxygen atoms in total. The number of rotatable bonds is 1. The van der Waals surface area contributed by atoms with Crippen LogP contribution in [0.3, 0.4) is 0 Å². The van der Waals surface area contributed by atoms with Crippen LogP contribution in [0, 0.1) is 5.82 Å². The van der Waals surface area contributed by atoms with Crippen molar-refractivity contribution in [3.63, 3.8) is 0 Å². The molecule has 0 aliphatic carbocycles. The summed E-state index contributed by atoms with van der Waals surface area (Å²) in [5, 5.41) is 0. The molecule has 0 saturated heterocycles. The molecule has 0 N–H and O–H groups in total. The highest BCUT2D eigenvalue weighted by Gasteiger charge is 2.28. The van der Waals surface area contributed by atoms with Gasteiger partial charge in [0.05, 0.1) is 23.6 Å². The zero-order valence-electron chi connectivity index (χ0n) is 10.5. The number of fused-ring (bicyclic) bond motifs is 1. The van der Waals surface area contributed by atoms with E-state index in [1.807, 2.05) is 36.2 Å². The second kappa shape index (κ2) is 4.39. The summed E-state index contributed by atoms with van der Waals surface area (Å²) in [6.45, 7) is 0.285. The summed E-state index contributed by atoms with van der Waals surface area (Å²) in [6.07, 6.45) is 0. The maximum atomic E-state index is 13.4. The average molecular weight is 256 g/mol. The molecule has 0 saturated carbocycles. The number of halogens is 1. The highest BCUT2D eigenvalue weighted by molar-refractivity contribution is 6.08. The maximum absolute atomic E-state index is 13.4. The maximum Gasteiger partial charge on any atom is 0.251 e. The van der Waals surface area contributed by atoms with Crippen LogP contribution < -0.4 is 9.80 Å². The SMILES string of the molecule is CN1CC(=O)N(c2cccc(F)c2)c2ccccc21. The van der Waals surface area contributed by atoms with E-state index >= 15 is 0 Å². The molecular weight excluding hydrogens is 243 g/mol. The van der Waals surface area contributed by atoms with Crippen molar-refractivity contribution >= 4 is 23.0 Å². The van der Waals surface area contributed by atoms with Gasteiger partial charge in [0.25, 0.3) is 5.91 Å². The molecule has 96 valence electrons. The van der Waals surface area contributed by atoms with E-state index in [1.54, 1.807) is 17.0 Å². The smallest absolute Gasteiger partial charge is 0.251 e. The van der Waals surface area contributed by atoms with Gasteiger partial charge in [-0.15, -0.1) is 0 Å². The fraction of sp³-hybridized carbons (Fsp3) is 0.133. The highest BCUT2D eigenvalue weighted by atomic mass is 19.1. The largest absolute Gasteiger partial charge is 0.364 e. The first-order valence-electron chi connectivity index (χ1n) is 6.05. The Morgan fingerprint density at radius 1 is 1.05 bits per heavy atom. The molecule has 0 unspecified atom stereocenters. The molecule has 0 aromatic heterocycles. The van der Waals surface area contributed by atoms with Crippen LogP contribution in [-0.2, 0) is 4.79 Å². The van der Waals surface area contributed by atoms with Crippen LogP contribution in [0.1, 0.15) is 0 Å². The minimum Gasteiger partial charge on any atom is -0.364 e. The number of para-hydroxylation sites is 2. The van der Waals surface area contributed by atoms with E-state index in [-0.39, 0.29) is 18.3 Å². The van der Waals surface area contributed by atoms with Crippen LogP contribution >= 0.6 is 0 Å². The third-order valence-electron chi connectivity index (χ3n) is 3.22. The summed E-state index contributed by atoms with van der Waals surface area (Å²) < 4.78 is 13.4. The topological polar surface area (TPSA) is 23.6 Å². The fourth-order valence-corrected chi connectivity index (χ4v) is 2.37. The van der Waals surface area contributed by atoms with Gasteiger partial charge in [-0.25, -0.2) is 4.39 Å². The van der Waals surface area contributed by atoms with Crippen LogP contribution in [0.5, 0.6) is 0 Å². The van der Waals surface area contributed by atoms with Crippen LogP contribution in [-0.4, -0.2) is 19.5 Å². The lowest BCUT2D eigenvalue weighted by Gasteiger charge is -2.35. The minimum absolute atomic E-state index is 0.0631. The number of carbonyl (C=O) groups is 1. The molecular formula is C15H13FN2O. The second-order valence-electron chi connectivity index (χ2n) is 4.55. The van der Waals surface area contributed by atoms with Gasteiger partial charge in [-0.2, -0.15) is 0 Å². The second-order valence-corrected chi connectivity index (χ2v) is 4.55.